The Bertz CT molecular complexity index is 495. The largest absolute Gasteiger partial charge is 0.351 e. The van der Waals surface area contributed by atoms with Crippen molar-refractivity contribution in [2.75, 3.05) is 0 Å². The minimum atomic E-state index is -0.480. The number of aromatic amines is 1. The molecule has 4 N–H and O–H groups in total. The van der Waals surface area contributed by atoms with Gasteiger partial charge in [0.1, 0.15) is 0 Å². The van der Waals surface area contributed by atoms with Crippen molar-refractivity contribution in [3.63, 3.8) is 0 Å². The van der Waals surface area contributed by atoms with E-state index < -0.39 is 6.04 Å². The van der Waals surface area contributed by atoms with Crippen LogP contribution in [-0.4, -0.2) is 22.1 Å². The topological polar surface area (TPSA) is 83.8 Å². The molecule has 2 rings (SSSR count). The number of carbonyl (C=O) groups excluding carboxylic acids is 1. The maximum Gasteiger partial charge on any atom is 0.237 e. The highest BCUT2D eigenvalue weighted by atomic mass is 16.2. The van der Waals surface area contributed by atoms with Gasteiger partial charge in [0.25, 0.3) is 0 Å². The van der Waals surface area contributed by atoms with Crippen LogP contribution in [0.4, 0.5) is 0 Å². The van der Waals surface area contributed by atoms with Crippen LogP contribution in [0.25, 0.3) is 0 Å². The highest BCUT2D eigenvalue weighted by molar-refractivity contribution is 5.81. The van der Waals surface area contributed by atoms with Crippen molar-refractivity contribution in [1.29, 1.82) is 0 Å². The molecule has 0 aliphatic rings. The highest BCUT2D eigenvalue weighted by Crippen LogP contribution is 2.04. The van der Waals surface area contributed by atoms with Crippen molar-refractivity contribution >= 4 is 5.91 Å². The van der Waals surface area contributed by atoms with Crippen molar-refractivity contribution < 1.29 is 4.79 Å². The lowest BCUT2D eigenvalue weighted by Crippen LogP contribution is -2.40. The quantitative estimate of drug-likeness (QED) is 0.722. The molecule has 0 fully saturated rings. The average Bonchev–Trinajstić information content (AvgIpc) is 2.96. The molecule has 0 saturated heterocycles. The van der Waals surface area contributed by atoms with Gasteiger partial charge in [0.15, 0.2) is 0 Å². The molecule has 5 heteroatoms. The van der Waals surface area contributed by atoms with Crippen LogP contribution in [0.1, 0.15) is 17.5 Å². The molecule has 5 nitrogen and oxygen atoms in total. The first-order chi connectivity index (χ1) is 9.25. The van der Waals surface area contributed by atoms with E-state index in [0.29, 0.717) is 13.0 Å². The Labute approximate surface area is 112 Å². The fourth-order valence-corrected chi connectivity index (χ4v) is 1.79. The fraction of sp³-hybridized carbons (Fsp3) is 0.286. The van der Waals surface area contributed by atoms with Gasteiger partial charge in [0.2, 0.25) is 5.91 Å². The van der Waals surface area contributed by atoms with Crippen LogP contribution in [0, 0.1) is 0 Å². The summed E-state index contributed by atoms with van der Waals surface area (Å²) in [5, 5.41) is 9.31. The van der Waals surface area contributed by atoms with E-state index in [1.807, 2.05) is 30.3 Å². The monoisotopic (exact) mass is 258 g/mol. The molecule has 1 aromatic carbocycles. The zero-order valence-electron chi connectivity index (χ0n) is 10.7. The van der Waals surface area contributed by atoms with Gasteiger partial charge >= 0.3 is 0 Å². The molecule has 1 amide bonds. The number of aryl methyl sites for hydroxylation is 1. The molecule has 1 unspecified atom stereocenters. The summed E-state index contributed by atoms with van der Waals surface area (Å²) in [5.41, 5.74) is 8.00. The molecule has 0 aliphatic heterocycles. The number of hydrogen-bond acceptors (Lipinski definition) is 3. The van der Waals surface area contributed by atoms with E-state index in [-0.39, 0.29) is 5.91 Å². The molecule has 100 valence electrons. The summed E-state index contributed by atoms with van der Waals surface area (Å²) in [6.07, 6.45) is 4.87. The van der Waals surface area contributed by atoms with E-state index in [1.165, 1.54) is 5.56 Å². The first-order valence-electron chi connectivity index (χ1n) is 6.30. The number of nitrogens with zero attached hydrogens (tertiary/aromatic N) is 1. The van der Waals surface area contributed by atoms with Crippen molar-refractivity contribution in [3.05, 3.63) is 53.9 Å². The van der Waals surface area contributed by atoms with Gasteiger partial charge in [-0.2, -0.15) is 5.10 Å². The summed E-state index contributed by atoms with van der Waals surface area (Å²) in [6.45, 7) is 0.453. The molecule has 1 heterocycles. The van der Waals surface area contributed by atoms with Gasteiger partial charge in [0, 0.05) is 18.3 Å². The first kappa shape index (κ1) is 13.3. The predicted molar refractivity (Wildman–Crippen MR) is 73.2 cm³/mol. The number of benzene rings is 1. The number of H-pyrrole nitrogens is 1. The molecular weight excluding hydrogens is 240 g/mol. The summed E-state index contributed by atoms with van der Waals surface area (Å²) in [6, 6.07) is 9.54. The van der Waals surface area contributed by atoms with Gasteiger partial charge < -0.3 is 11.1 Å². The van der Waals surface area contributed by atoms with Gasteiger partial charge in [-0.25, -0.2) is 0 Å². The second-order valence-corrected chi connectivity index (χ2v) is 4.46. The van der Waals surface area contributed by atoms with E-state index >= 15 is 0 Å². The van der Waals surface area contributed by atoms with Crippen LogP contribution in [0.3, 0.4) is 0 Å². The normalized spacial score (nSPS) is 12.1. The standard InChI is InChI=1S/C14H18N4O/c15-13(7-6-11-4-2-1-3-5-11)14(19)16-8-12-9-17-18-10-12/h1-5,9-10,13H,6-8,15H2,(H,16,19)(H,17,18). The Kier molecular flexibility index (Phi) is 4.69. The number of carbonyl (C=O) groups is 1. The highest BCUT2D eigenvalue weighted by Gasteiger charge is 2.12. The third-order valence-electron chi connectivity index (χ3n) is 2.95. The third kappa shape index (κ3) is 4.22. The zero-order valence-corrected chi connectivity index (χ0v) is 10.7. The summed E-state index contributed by atoms with van der Waals surface area (Å²) in [5.74, 6) is -0.128. The maximum absolute atomic E-state index is 11.8. The molecule has 0 aliphatic carbocycles. The maximum atomic E-state index is 11.8. The Hall–Kier alpha value is -2.14. The minimum Gasteiger partial charge on any atom is -0.351 e. The number of amides is 1. The third-order valence-corrected chi connectivity index (χ3v) is 2.95. The summed E-state index contributed by atoms with van der Waals surface area (Å²) >= 11 is 0. The Morgan fingerprint density at radius 1 is 1.32 bits per heavy atom. The first-order valence-corrected chi connectivity index (χ1v) is 6.30. The number of aromatic nitrogens is 2. The molecular formula is C14H18N4O. The lowest BCUT2D eigenvalue weighted by molar-refractivity contribution is -0.122. The van der Waals surface area contributed by atoms with Crippen LogP contribution >= 0.6 is 0 Å². The van der Waals surface area contributed by atoms with E-state index in [1.54, 1.807) is 12.4 Å². The lowest BCUT2D eigenvalue weighted by atomic mass is 10.1. The molecule has 2 aromatic rings. The minimum absolute atomic E-state index is 0.128. The van der Waals surface area contributed by atoms with Crippen LogP contribution in [0.5, 0.6) is 0 Å². The fourth-order valence-electron chi connectivity index (χ4n) is 1.79. The molecule has 1 aromatic heterocycles. The molecule has 0 bridgehead atoms. The second-order valence-electron chi connectivity index (χ2n) is 4.46. The van der Waals surface area contributed by atoms with Crippen molar-refractivity contribution in [2.24, 2.45) is 5.73 Å². The Balaban J connectivity index is 1.73. The Morgan fingerprint density at radius 3 is 2.79 bits per heavy atom. The van der Waals surface area contributed by atoms with E-state index in [0.717, 1.165) is 12.0 Å². The zero-order chi connectivity index (χ0) is 13.5. The average molecular weight is 258 g/mol. The summed E-state index contributed by atoms with van der Waals surface area (Å²) in [4.78, 5) is 11.8. The van der Waals surface area contributed by atoms with Gasteiger partial charge in [-0.15, -0.1) is 0 Å². The van der Waals surface area contributed by atoms with Gasteiger partial charge in [-0.05, 0) is 18.4 Å². The molecule has 0 saturated carbocycles. The van der Waals surface area contributed by atoms with Crippen molar-refractivity contribution in [2.45, 2.75) is 25.4 Å². The van der Waals surface area contributed by atoms with Crippen molar-refractivity contribution in [1.82, 2.24) is 15.5 Å². The summed E-state index contributed by atoms with van der Waals surface area (Å²) in [7, 11) is 0. The van der Waals surface area contributed by atoms with Crippen LogP contribution in [-0.2, 0) is 17.8 Å². The second kappa shape index (κ2) is 6.70. The number of nitrogens with two attached hydrogens (primary N) is 1. The molecule has 0 radical (unpaired) electrons. The Morgan fingerprint density at radius 2 is 2.11 bits per heavy atom. The number of rotatable bonds is 6. The summed E-state index contributed by atoms with van der Waals surface area (Å²) < 4.78 is 0. The van der Waals surface area contributed by atoms with E-state index in [4.69, 9.17) is 5.73 Å². The van der Waals surface area contributed by atoms with Crippen molar-refractivity contribution in [3.8, 4) is 0 Å². The van der Waals surface area contributed by atoms with E-state index in [9.17, 15) is 4.79 Å². The molecule has 1 atom stereocenters. The molecule has 0 spiro atoms. The number of hydrogen-bond donors (Lipinski definition) is 3. The van der Waals surface area contributed by atoms with Crippen LogP contribution in [0.15, 0.2) is 42.7 Å². The van der Waals surface area contributed by atoms with Gasteiger partial charge in [0.05, 0.1) is 12.2 Å². The SMILES string of the molecule is NC(CCc1ccccc1)C(=O)NCc1cn[nH]c1. The van der Waals surface area contributed by atoms with E-state index in [2.05, 4.69) is 15.5 Å². The number of nitrogens with one attached hydrogen (secondary N) is 2. The van der Waals surface area contributed by atoms with Crippen LogP contribution in [0.2, 0.25) is 0 Å². The molecule has 19 heavy (non-hydrogen) atoms. The predicted octanol–water partition coefficient (Wildman–Crippen LogP) is 0.986. The van der Waals surface area contributed by atoms with Gasteiger partial charge in [-0.1, -0.05) is 30.3 Å². The van der Waals surface area contributed by atoms with Gasteiger partial charge in [-0.3, -0.25) is 9.89 Å². The lowest BCUT2D eigenvalue weighted by Gasteiger charge is -2.11. The van der Waals surface area contributed by atoms with Crippen LogP contribution < -0.4 is 11.1 Å². The smallest absolute Gasteiger partial charge is 0.237 e.